The molecule has 0 fully saturated rings. The molecule has 0 unspecified atom stereocenters. The molecule has 0 radical (unpaired) electrons. The summed E-state index contributed by atoms with van der Waals surface area (Å²) in [5, 5.41) is 1.57. The van der Waals surface area contributed by atoms with Crippen LogP contribution in [0.25, 0.3) is 22.9 Å². The average Bonchev–Trinajstić information content (AvgIpc) is 3.45. The Bertz CT molecular complexity index is 3140. The van der Waals surface area contributed by atoms with Crippen molar-refractivity contribution in [2.75, 3.05) is 33.2 Å². The normalized spacial score (nSPS) is 10.2. The Balaban J connectivity index is 0.000000282. The first-order valence-corrected chi connectivity index (χ1v) is 24.4. The van der Waals surface area contributed by atoms with Gasteiger partial charge in [-0.15, -0.1) is 0 Å². The van der Waals surface area contributed by atoms with Gasteiger partial charge < -0.3 is 42.8 Å². The summed E-state index contributed by atoms with van der Waals surface area (Å²) in [6, 6.07) is 43.6. The first-order valence-electron chi connectivity index (χ1n) is 24.4. The van der Waals surface area contributed by atoms with E-state index in [4.69, 9.17) is 47.7 Å². The molecule has 394 valence electrons. The molecule has 7 aromatic carbocycles. The standard InChI is InChI=1S/C38H36O10.C25H22O4/c1-3-21-45-46-25-8-7-23-43-33-17-19-34(20-18-33)47-38(41)31-10-9-30-27-35(16-13-29(30)26-31)48-37(40)28-11-14-32(15-12-28)42-22-5-6-24-44-36(39)4-2;1-4-19-6-11-22(12-7-19)27-17-28-24-15-10-21(16-18(24)3)25(26)29-23-13-8-20(5-2)9-14-23/h4,9-21,26-27H,1-2,5-8,22-25H2;4-16H,1-2,17H2,3H3. The summed E-state index contributed by atoms with van der Waals surface area (Å²) in [5.41, 5.74) is 6.43. The van der Waals surface area contributed by atoms with Crippen molar-refractivity contribution >= 4 is 46.8 Å². The van der Waals surface area contributed by atoms with Crippen LogP contribution in [0.15, 0.2) is 196 Å². The Morgan fingerprint density at radius 1 is 0.468 bits per heavy atom. The van der Waals surface area contributed by atoms with Gasteiger partial charge in [0.2, 0.25) is 6.79 Å². The molecular weight excluding hydrogens is 981 g/mol. The van der Waals surface area contributed by atoms with Crippen molar-refractivity contribution in [3.05, 3.63) is 229 Å². The Morgan fingerprint density at radius 2 is 0.922 bits per heavy atom. The zero-order valence-electron chi connectivity index (χ0n) is 42.7. The number of carbonyl (C=O) groups is 4. The van der Waals surface area contributed by atoms with Crippen molar-refractivity contribution in [3.63, 3.8) is 0 Å². The molecule has 0 aromatic heterocycles. The fourth-order valence-electron chi connectivity index (χ4n) is 6.87. The summed E-state index contributed by atoms with van der Waals surface area (Å²) in [7, 11) is 0. The van der Waals surface area contributed by atoms with Gasteiger partial charge in [-0.05, 0) is 175 Å². The number of hydrogen-bond acceptors (Lipinski definition) is 14. The fourth-order valence-corrected chi connectivity index (χ4v) is 6.87. The molecular formula is C63H58O14. The van der Waals surface area contributed by atoms with Gasteiger partial charge >= 0.3 is 23.9 Å². The molecule has 0 saturated heterocycles. The van der Waals surface area contributed by atoms with Crippen molar-refractivity contribution in [3.8, 4) is 40.2 Å². The van der Waals surface area contributed by atoms with Crippen molar-refractivity contribution < 1.29 is 66.8 Å². The number of fused-ring (bicyclic) bond motifs is 1. The molecule has 0 aliphatic rings. The molecule has 0 bridgehead atoms. The van der Waals surface area contributed by atoms with Gasteiger partial charge in [0.15, 0.2) is 6.26 Å². The molecule has 0 spiro atoms. The van der Waals surface area contributed by atoms with Crippen LogP contribution in [0, 0.1) is 6.92 Å². The summed E-state index contributed by atoms with van der Waals surface area (Å²) >= 11 is 0. The average molecular weight is 1040 g/mol. The minimum atomic E-state index is -0.515. The van der Waals surface area contributed by atoms with E-state index in [-0.39, 0.29) is 6.79 Å². The zero-order valence-corrected chi connectivity index (χ0v) is 42.7. The summed E-state index contributed by atoms with van der Waals surface area (Å²) in [6.07, 6.45) is 8.76. The molecule has 14 heteroatoms. The number of esters is 4. The number of hydrogen-bond donors (Lipinski definition) is 0. The van der Waals surface area contributed by atoms with Gasteiger partial charge in [-0.1, -0.05) is 80.6 Å². The molecule has 0 heterocycles. The lowest BCUT2D eigenvalue weighted by Gasteiger charge is -2.12. The highest BCUT2D eigenvalue weighted by molar-refractivity contribution is 5.97. The first kappa shape index (κ1) is 56.7. The molecule has 0 N–H and O–H groups in total. The molecule has 0 aliphatic heterocycles. The lowest BCUT2D eigenvalue weighted by Crippen LogP contribution is -2.10. The maximum Gasteiger partial charge on any atom is 0.343 e. The summed E-state index contributed by atoms with van der Waals surface area (Å²) in [5.74, 6) is 1.96. The van der Waals surface area contributed by atoms with Crippen LogP contribution in [0.4, 0.5) is 0 Å². The Morgan fingerprint density at radius 3 is 1.52 bits per heavy atom. The van der Waals surface area contributed by atoms with Gasteiger partial charge in [0, 0.05) is 6.08 Å². The van der Waals surface area contributed by atoms with E-state index in [9.17, 15) is 19.2 Å². The van der Waals surface area contributed by atoms with Crippen LogP contribution in [0.5, 0.6) is 40.2 Å². The molecule has 7 aromatic rings. The number of benzene rings is 7. The van der Waals surface area contributed by atoms with E-state index in [1.165, 1.54) is 6.26 Å². The SMILES string of the molecule is C=C=COOCCCCOc1ccc(OC(=O)c2ccc3cc(OC(=O)c4ccc(OCCCCOC(=O)C=C)cc4)ccc3c2)cc1.C=Cc1ccc(OCOc2ccc(C(=O)Oc3ccc(C=C)cc3)cc2C)cc1. The topological polar surface area (TPSA) is 161 Å². The highest BCUT2D eigenvalue weighted by Crippen LogP contribution is 2.26. The molecule has 77 heavy (non-hydrogen) atoms. The first-order chi connectivity index (χ1) is 37.5. The van der Waals surface area contributed by atoms with E-state index in [1.807, 2.05) is 43.3 Å². The number of unbranched alkanes of at least 4 members (excludes halogenated alkanes) is 2. The molecule has 0 atom stereocenters. The summed E-state index contributed by atoms with van der Waals surface area (Å²) in [6.45, 7) is 17.7. The Hall–Kier alpha value is -9.62. The second-order valence-corrected chi connectivity index (χ2v) is 16.5. The molecule has 7 rings (SSSR count). The van der Waals surface area contributed by atoms with Crippen LogP contribution in [0.3, 0.4) is 0 Å². The highest BCUT2D eigenvalue weighted by Gasteiger charge is 2.14. The van der Waals surface area contributed by atoms with Crippen molar-refractivity contribution in [1.82, 2.24) is 0 Å². The van der Waals surface area contributed by atoms with Crippen LogP contribution in [0.2, 0.25) is 0 Å². The summed E-state index contributed by atoms with van der Waals surface area (Å²) in [4.78, 5) is 58.6. The monoisotopic (exact) mass is 1040 g/mol. The van der Waals surface area contributed by atoms with Gasteiger partial charge in [0.1, 0.15) is 40.2 Å². The molecule has 14 nitrogen and oxygen atoms in total. The van der Waals surface area contributed by atoms with Crippen molar-refractivity contribution in [1.29, 1.82) is 0 Å². The third-order valence-corrected chi connectivity index (χ3v) is 11.0. The van der Waals surface area contributed by atoms with E-state index >= 15 is 0 Å². The van der Waals surface area contributed by atoms with E-state index in [0.717, 1.165) is 46.4 Å². The number of aryl methyl sites for hydroxylation is 1. The molecule has 0 aliphatic carbocycles. The number of rotatable bonds is 27. The van der Waals surface area contributed by atoms with Gasteiger partial charge in [0.25, 0.3) is 0 Å². The van der Waals surface area contributed by atoms with Crippen molar-refractivity contribution in [2.45, 2.75) is 32.6 Å². The quantitative estimate of drug-likeness (QED) is 0.00551. The fraction of sp³-hybridized carbons (Fsp3) is 0.159. The second kappa shape index (κ2) is 30.5. The van der Waals surface area contributed by atoms with Crippen LogP contribution < -0.4 is 33.2 Å². The van der Waals surface area contributed by atoms with Crippen LogP contribution in [-0.4, -0.2) is 57.1 Å². The van der Waals surface area contributed by atoms with Gasteiger partial charge in [0.05, 0.1) is 43.1 Å². The minimum Gasteiger partial charge on any atom is -0.494 e. The van der Waals surface area contributed by atoms with Crippen molar-refractivity contribution in [2.24, 2.45) is 0 Å². The summed E-state index contributed by atoms with van der Waals surface area (Å²) < 4.78 is 44.1. The van der Waals surface area contributed by atoms with E-state index in [2.05, 4.69) is 32.0 Å². The number of ether oxygens (including phenoxy) is 8. The Kier molecular flexibility index (Phi) is 22.5. The maximum atomic E-state index is 12.8. The highest BCUT2D eigenvalue weighted by atomic mass is 17.2. The van der Waals surface area contributed by atoms with Gasteiger partial charge in [-0.25, -0.2) is 19.2 Å². The predicted molar refractivity (Wildman–Crippen MR) is 293 cm³/mol. The lowest BCUT2D eigenvalue weighted by atomic mass is 10.1. The maximum absolute atomic E-state index is 12.8. The van der Waals surface area contributed by atoms with Gasteiger partial charge in [-0.2, -0.15) is 4.89 Å². The lowest BCUT2D eigenvalue weighted by molar-refractivity contribution is -0.249. The van der Waals surface area contributed by atoms with E-state index < -0.39 is 23.9 Å². The number of carbonyl (C=O) groups excluding carboxylic acids is 4. The minimum absolute atomic E-state index is 0.0632. The largest absolute Gasteiger partial charge is 0.494 e. The van der Waals surface area contributed by atoms with Crippen LogP contribution in [0.1, 0.15) is 73.4 Å². The Labute approximate surface area is 447 Å². The molecule has 0 saturated carbocycles. The third-order valence-electron chi connectivity index (χ3n) is 11.0. The molecule has 0 amide bonds. The van der Waals surface area contributed by atoms with Crippen LogP contribution in [-0.2, 0) is 19.3 Å². The second-order valence-electron chi connectivity index (χ2n) is 16.5. The van der Waals surface area contributed by atoms with E-state index in [1.54, 1.807) is 127 Å². The van der Waals surface area contributed by atoms with Crippen LogP contribution >= 0.6 is 0 Å². The predicted octanol–water partition coefficient (Wildman–Crippen LogP) is 13.5. The smallest absolute Gasteiger partial charge is 0.343 e. The van der Waals surface area contributed by atoms with E-state index in [0.29, 0.717) is 96.2 Å². The third kappa shape index (κ3) is 19.0. The zero-order chi connectivity index (χ0) is 54.6. The van der Waals surface area contributed by atoms with Gasteiger partial charge in [-0.3, -0.25) is 0 Å².